The number of nitrogens with one attached hydrogen (secondary N) is 1. The molecule has 1 N–H and O–H groups in total. The SMILES string of the molecule is COc1cc(C)c(NC(=O)C2CC(=O)N(c3cccc(Br)c3)C2)cc1OC. The van der Waals surface area contributed by atoms with Gasteiger partial charge in [-0.2, -0.15) is 0 Å². The minimum absolute atomic E-state index is 0.0581. The van der Waals surface area contributed by atoms with Crippen molar-refractivity contribution in [3.05, 3.63) is 46.4 Å². The molecule has 7 heteroatoms. The fourth-order valence-electron chi connectivity index (χ4n) is 3.13. The monoisotopic (exact) mass is 432 g/mol. The van der Waals surface area contributed by atoms with E-state index in [1.54, 1.807) is 25.2 Å². The van der Waals surface area contributed by atoms with E-state index >= 15 is 0 Å². The zero-order chi connectivity index (χ0) is 19.6. The van der Waals surface area contributed by atoms with Crippen molar-refractivity contribution in [2.24, 2.45) is 5.92 Å². The average molecular weight is 433 g/mol. The van der Waals surface area contributed by atoms with E-state index in [4.69, 9.17) is 9.47 Å². The molecule has 1 atom stereocenters. The highest BCUT2D eigenvalue weighted by Gasteiger charge is 2.35. The number of methoxy groups -OCH3 is 2. The van der Waals surface area contributed by atoms with Gasteiger partial charge < -0.3 is 19.7 Å². The second-order valence-corrected chi connectivity index (χ2v) is 7.31. The lowest BCUT2D eigenvalue weighted by molar-refractivity contribution is -0.122. The molecule has 142 valence electrons. The Morgan fingerprint density at radius 1 is 1.19 bits per heavy atom. The minimum atomic E-state index is -0.413. The number of ether oxygens (including phenoxy) is 2. The first-order valence-electron chi connectivity index (χ1n) is 8.52. The van der Waals surface area contributed by atoms with E-state index in [0.717, 1.165) is 15.7 Å². The molecule has 2 aromatic rings. The smallest absolute Gasteiger partial charge is 0.229 e. The van der Waals surface area contributed by atoms with Gasteiger partial charge in [-0.15, -0.1) is 0 Å². The van der Waals surface area contributed by atoms with Crippen molar-refractivity contribution < 1.29 is 19.1 Å². The summed E-state index contributed by atoms with van der Waals surface area (Å²) >= 11 is 3.41. The zero-order valence-corrected chi connectivity index (χ0v) is 17.0. The molecule has 0 saturated carbocycles. The molecule has 0 aromatic heterocycles. The van der Waals surface area contributed by atoms with Gasteiger partial charge in [0, 0.05) is 34.9 Å². The van der Waals surface area contributed by atoms with Crippen LogP contribution in [0.5, 0.6) is 11.5 Å². The Balaban J connectivity index is 1.75. The maximum atomic E-state index is 12.7. The van der Waals surface area contributed by atoms with Crippen LogP contribution < -0.4 is 19.7 Å². The van der Waals surface area contributed by atoms with E-state index in [0.29, 0.717) is 23.7 Å². The van der Waals surface area contributed by atoms with Crippen molar-refractivity contribution in [1.29, 1.82) is 0 Å². The van der Waals surface area contributed by atoms with Crippen LogP contribution >= 0.6 is 15.9 Å². The molecule has 3 rings (SSSR count). The van der Waals surface area contributed by atoms with Crippen LogP contribution in [-0.2, 0) is 9.59 Å². The van der Waals surface area contributed by atoms with Gasteiger partial charge in [-0.3, -0.25) is 9.59 Å². The lowest BCUT2D eigenvalue weighted by atomic mass is 10.1. The van der Waals surface area contributed by atoms with Crippen molar-refractivity contribution in [3.63, 3.8) is 0 Å². The third kappa shape index (κ3) is 4.08. The van der Waals surface area contributed by atoms with Crippen molar-refractivity contribution in [2.75, 3.05) is 31.0 Å². The predicted octanol–water partition coefficient (Wildman–Crippen LogP) is 3.77. The van der Waals surface area contributed by atoms with Crippen LogP contribution in [-0.4, -0.2) is 32.6 Å². The van der Waals surface area contributed by atoms with Crippen LogP contribution in [0.15, 0.2) is 40.9 Å². The number of rotatable bonds is 5. The number of anilines is 2. The molecule has 27 heavy (non-hydrogen) atoms. The standard InChI is InChI=1S/C20H21BrN2O4/c1-12-7-17(26-2)18(27-3)10-16(12)22-20(25)13-8-19(24)23(11-13)15-6-4-5-14(21)9-15/h4-7,9-10,13H,8,11H2,1-3H3,(H,22,25). The second-order valence-electron chi connectivity index (χ2n) is 6.40. The predicted molar refractivity (Wildman–Crippen MR) is 108 cm³/mol. The summed E-state index contributed by atoms with van der Waals surface area (Å²) in [6, 6.07) is 11.0. The summed E-state index contributed by atoms with van der Waals surface area (Å²) in [7, 11) is 3.11. The molecule has 1 aliphatic heterocycles. The number of carbonyl (C=O) groups excluding carboxylic acids is 2. The number of hydrogen-bond acceptors (Lipinski definition) is 4. The van der Waals surface area contributed by atoms with Crippen LogP contribution in [0.3, 0.4) is 0 Å². The summed E-state index contributed by atoms with van der Waals surface area (Å²) in [5, 5.41) is 2.92. The Morgan fingerprint density at radius 3 is 2.56 bits per heavy atom. The molecule has 0 aliphatic carbocycles. The van der Waals surface area contributed by atoms with E-state index in [-0.39, 0.29) is 18.2 Å². The first kappa shape index (κ1) is 19.2. The molecule has 6 nitrogen and oxygen atoms in total. The molecular weight excluding hydrogens is 412 g/mol. The largest absolute Gasteiger partial charge is 0.493 e. The lowest BCUT2D eigenvalue weighted by Gasteiger charge is -2.18. The van der Waals surface area contributed by atoms with Gasteiger partial charge >= 0.3 is 0 Å². The Morgan fingerprint density at radius 2 is 1.89 bits per heavy atom. The molecule has 1 fully saturated rings. The summed E-state index contributed by atoms with van der Waals surface area (Å²) in [6.45, 7) is 2.23. The third-order valence-corrected chi connectivity index (χ3v) is 5.10. The van der Waals surface area contributed by atoms with Crippen LogP contribution in [0.1, 0.15) is 12.0 Å². The Labute approximate surface area is 166 Å². The number of amides is 2. The highest BCUT2D eigenvalue weighted by atomic mass is 79.9. The molecule has 1 heterocycles. The lowest BCUT2D eigenvalue weighted by Crippen LogP contribution is -2.28. The van der Waals surface area contributed by atoms with E-state index < -0.39 is 5.92 Å². The second kappa shape index (κ2) is 8.00. The Hall–Kier alpha value is -2.54. The van der Waals surface area contributed by atoms with E-state index in [1.165, 1.54) is 0 Å². The van der Waals surface area contributed by atoms with Gasteiger partial charge in [0.15, 0.2) is 11.5 Å². The Bertz CT molecular complexity index is 884. The quantitative estimate of drug-likeness (QED) is 0.780. The summed E-state index contributed by atoms with van der Waals surface area (Å²) in [5.74, 6) is 0.485. The first-order valence-corrected chi connectivity index (χ1v) is 9.31. The maximum absolute atomic E-state index is 12.7. The summed E-state index contributed by atoms with van der Waals surface area (Å²) in [6.07, 6.45) is 0.185. The van der Waals surface area contributed by atoms with Crippen molar-refractivity contribution >= 4 is 39.1 Å². The van der Waals surface area contributed by atoms with Gasteiger partial charge in [0.05, 0.1) is 20.1 Å². The molecule has 0 spiro atoms. The summed E-state index contributed by atoms with van der Waals surface area (Å²) in [4.78, 5) is 26.8. The zero-order valence-electron chi connectivity index (χ0n) is 15.4. The average Bonchev–Trinajstić information content (AvgIpc) is 3.04. The Kier molecular flexibility index (Phi) is 5.70. The highest BCUT2D eigenvalue weighted by molar-refractivity contribution is 9.10. The van der Waals surface area contributed by atoms with E-state index in [1.807, 2.05) is 37.3 Å². The number of hydrogen-bond donors (Lipinski definition) is 1. The fourth-order valence-corrected chi connectivity index (χ4v) is 3.51. The van der Waals surface area contributed by atoms with Gasteiger partial charge in [0.25, 0.3) is 0 Å². The number of halogens is 1. The van der Waals surface area contributed by atoms with E-state index in [9.17, 15) is 9.59 Å². The summed E-state index contributed by atoms with van der Waals surface area (Å²) in [5.41, 5.74) is 2.28. The molecule has 2 aromatic carbocycles. The van der Waals surface area contributed by atoms with Gasteiger partial charge in [-0.1, -0.05) is 22.0 Å². The first-order chi connectivity index (χ1) is 12.9. The van der Waals surface area contributed by atoms with E-state index in [2.05, 4.69) is 21.2 Å². The van der Waals surface area contributed by atoms with Gasteiger partial charge in [-0.05, 0) is 36.8 Å². The van der Waals surface area contributed by atoms with Gasteiger partial charge in [0.2, 0.25) is 11.8 Å². The van der Waals surface area contributed by atoms with Crippen molar-refractivity contribution in [3.8, 4) is 11.5 Å². The summed E-state index contributed by atoms with van der Waals surface area (Å²) < 4.78 is 11.5. The fraction of sp³-hybridized carbons (Fsp3) is 0.300. The normalized spacial score (nSPS) is 16.4. The molecule has 1 aliphatic rings. The van der Waals surface area contributed by atoms with Crippen LogP contribution in [0, 0.1) is 12.8 Å². The number of nitrogens with zero attached hydrogens (tertiary/aromatic N) is 1. The van der Waals surface area contributed by atoms with Gasteiger partial charge in [0.1, 0.15) is 0 Å². The minimum Gasteiger partial charge on any atom is -0.493 e. The van der Waals surface area contributed by atoms with Crippen molar-refractivity contribution in [2.45, 2.75) is 13.3 Å². The molecular formula is C20H21BrN2O4. The van der Waals surface area contributed by atoms with Crippen LogP contribution in [0.2, 0.25) is 0 Å². The number of carbonyl (C=O) groups is 2. The van der Waals surface area contributed by atoms with Crippen molar-refractivity contribution in [1.82, 2.24) is 0 Å². The third-order valence-electron chi connectivity index (χ3n) is 4.60. The molecule has 1 saturated heterocycles. The van der Waals surface area contributed by atoms with Gasteiger partial charge in [-0.25, -0.2) is 0 Å². The van der Waals surface area contributed by atoms with Crippen LogP contribution in [0.25, 0.3) is 0 Å². The maximum Gasteiger partial charge on any atom is 0.229 e. The molecule has 1 unspecified atom stereocenters. The highest BCUT2D eigenvalue weighted by Crippen LogP contribution is 2.34. The number of benzene rings is 2. The van der Waals surface area contributed by atoms with Crippen LogP contribution in [0.4, 0.5) is 11.4 Å². The topological polar surface area (TPSA) is 67.9 Å². The number of aryl methyl sites for hydroxylation is 1. The molecule has 2 amide bonds. The molecule has 0 bridgehead atoms. The molecule has 0 radical (unpaired) electrons.